The Balaban J connectivity index is 1.60. The van der Waals surface area contributed by atoms with Gasteiger partial charge in [-0.2, -0.15) is 0 Å². The molecular weight excluding hydrogens is 334 g/mol. The van der Waals surface area contributed by atoms with Crippen LogP contribution >= 0.6 is 0 Å². The topological polar surface area (TPSA) is 55.4 Å². The van der Waals surface area contributed by atoms with Gasteiger partial charge in [0.2, 0.25) is 10.0 Å². The second kappa shape index (κ2) is 6.46. The fraction of sp³-hybridized carbons (Fsp3) is 0.400. The van der Waals surface area contributed by atoms with Crippen molar-refractivity contribution in [2.75, 3.05) is 7.11 Å². The molecule has 132 valence electrons. The number of hydrogen-bond acceptors (Lipinski definition) is 3. The first-order valence-corrected chi connectivity index (χ1v) is 10.3. The van der Waals surface area contributed by atoms with Crippen molar-refractivity contribution in [2.24, 2.45) is 5.92 Å². The molecule has 0 amide bonds. The number of aryl methyl sites for hydroxylation is 2. The number of sulfonamides is 1. The van der Waals surface area contributed by atoms with Crippen molar-refractivity contribution in [3.8, 4) is 5.75 Å². The van der Waals surface area contributed by atoms with E-state index in [1.54, 1.807) is 13.2 Å². The summed E-state index contributed by atoms with van der Waals surface area (Å²) in [5.74, 6) is 1.15. The minimum absolute atomic E-state index is 0.177. The molecule has 25 heavy (non-hydrogen) atoms. The van der Waals surface area contributed by atoms with Gasteiger partial charge < -0.3 is 4.74 Å². The fourth-order valence-electron chi connectivity index (χ4n) is 3.63. The molecule has 0 heterocycles. The van der Waals surface area contributed by atoms with Gasteiger partial charge in [0.05, 0.1) is 12.0 Å². The molecule has 4 nitrogen and oxygen atoms in total. The lowest BCUT2D eigenvalue weighted by Crippen LogP contribution is -2.30. The SMILES string of the molecule is COc1ccc(C(NS(=O)(=O)c2ccc3c(c2)CCC3)C2CC2)cc1. The van der Waals surface area contributed by atoms with Gasteiger partial charge in [0, 0.05) is 6.04 Å². The highest BCUT2D eigenvalue weighted by Crippen LogP contribution is 2.42. The van der Waals surface area contributed by atoms with Gasteiger partial charge >= 0.3 is 0 Å². The summed E-state index contributed by atoms with van der Waals surface area (Å²) in [4.78, 5) is 0.382. The maximum absolute atomic E-state index is 12.9. The minimum Gasteiger partial charge on any atom is -0.497 e. The number of methoxy groups -OCH3 is 1. The molecule has 1 unspecified atom stereocenters. The predicted octanol–water partition coefficient (Wildman–Crippen LogP) is 3.61. The number of fused-ring (bicyclic) bond motifs is 1. The Bertz CT molecular complexity index is 870. The summed E-state index contributed by atoms with van der Waals surface area (Å²) in [6.07, 6.45) is 5.26. The van der Waals surface area contributed by atoms with E-state index in [0.29, 0.717) is 10.8 Å². The maximum Gasteiger partial charge on any atom is 0.241 e. The first-order chi connectivity index (χ1) is 12.1. The standard InChI is InChI=1S/C20H23NO3S/c1-24-18-10-7-16(8-11-18)20(15-5-6-15)21-25(22,23)19-12-9-14-3-2-4-17(14)13-19/h7-13,15,20-21H,2-6H2,1H3. The molecule has 0 aliphatic heterocycles. The molecule has 2 aromatic rings. The van der Waals surface area contributed by atoms with E-state index in [1.807, 2.05) is 36.4 Å². The molecule has 0 aromatic heterocycles. The van der Waals surface area contributed by atoms with Crippen LogP contribution in [0.3, 0.4) is 0 Å². The van der Waals surface area contributed by atoms with Crippen LogP contribution in [0.15, 0.2) is 47.4 Å². The molecule has 2 aliphatic carbocycles. The lowest BCUT2D eigenvalue weighted by atomic mass is 10.0. The van der Waals surface area contributed by atoms with Crippen molar-refractivity contribution in [1.29, 1.82) is 0 Å². The summed E-state index contributed by atoms with van der Waals surface area (Å²) in [6, 6.07) is 13.1. The van der Waals surface area contributed by atoms with Crippen molar-refractivity contribution in [1.82, 2.24) is 4.72 Å². The van der Waals surface area contributed by atoms with E-state index >= 15 is 0 Å². The molecular formula is C20H23NO3S. The molecule has 1 atom stereocenters. The first kappa shape index (κ1) is 16.6. The van der Waals surface area contributed by atoms with Crippen LogP contribution in [0.25, 0.3) is 0 Å². The van der Waals surface area contributed by atoms with Crippen LogP contribution in [0.1, 0.15) is 42.0 Å². The quantitative estimate of drug-likeness (QED) is 0.859. The van der Waals surface area contributed by atoms with E-state index in [0.717, 1.165) is 43.4 Å². The highest BCUT2D eigenvalue weighted by molar-refractivity contribution is 7.89. The van der Waals surface area contributed by atoms with E-state index in [9.17, 15) is 8.42 Å². The smallest absolute Gasteiger partial charge is 0.241 e. The van der Waals surface area contributed by atoms with Gasteiger partial charge in [0.1, 0.15) is 5.75 Å². The van der Waals surface area contributed by atoms with Gasteiger partial charge in [0.25, 0.3) is 0 Å². The molecule has 4 rings (SSSR count). The molecule has 5 heteroatoms. The zero-order valence-electron chi connectivity index (χ0n) is 14.4. The van der Waals surface area contributed by atoms with Gasteiger partial charge in [-0.1, -0.05) is 18.2 Å². The summed E-state index contributed by atoms with van der Waals surface area (Å²) in [6.45, 7) is 0. The lowest BCUT2D eigenvalue weighted by Gasteiger charge is -2.19. The van der Waals surface area contributed by atoms with Crippen LogP contribution in [-0.2, 0) is 22.9 Å². The van der Waals surface area contributed by atoms with Crippen molar-refractivity contribution < 1.29 is 13.2 Å². The monoisotopic (exact) mass is 357 g/mol. The minimum atomic E-state index is -3.53. The van der Waals surface area contributed by atoms with Gasteiger partial charge in [-0.3, -0.25) is 0 Å². The van der Waals surface area contributed by atoms with E-state index in [2.05, 4.69) is 4.72 Å². The largest absolute Gasteiger partial charge is 0.497 e. The Morgan fingerprint density at radius 1 is 1.04 bits per heavy atom. The van der Waals surface area contributed by atoms with Crippen LogP contribution in [0.5, 0.6) is 5.75 Å². The Labute approximate surface area is 149 Å². The van der Waals surface area contributed by atoms with Crippen molar-refractivity contribution in [3.05, 3.63) is 59.2 Å². The first-order valence-electron chi connectivity index (χ1n) is 8.85. The molecule has 0 bridgehead atoms. The molecule has 0 saturated heterocycles. The third-order valence-electron chi connectivity index (χ3n) is 5.23. The molecule has 2 aromatic carbocycles. The number of ether oxygens (including phenoxy) is 1. The molecule has 2 aliphatic rings. The van der Waals surface area contributed by atoms with Gasteiger partial charge in [-0.15, -0.1) is 0 Å². The van der Waals surface area contributed by atoms with Crippen molar-refractivity contribution in [2.45, 2.75) is 43.0 Å². The fourth-order valence-corrected chi connectivity index (χ4v) is 4.97. The second-order valence-electron chi connectivity index (χ2n) is 6.99. The zero-order valence-corrected chi connectivity index (χ0v) is 15.2. The summed E-state index contributed by atoms with van der Waals surface area (Å²) < 4.78 is 34.0. The molecule has 0 spiro atoms. The van der Waals surface area contributed by atoms with E-state index < -0.39 is 10.0 Å². The van der Waals surface area contributed by atoms with E-state index in [4.69, 9.17) is 4.74 Å². The third kappa shape index (κ3) is 3.44. The zero-order chi connectivity index (χ0) is 17.4. The number of benzene rings is 2. The van der Waals surface area contributed by atoms with Crippen LogP contribution in [0, 0.1) is 5.92 Å². The number of nitrogens with one attached hydrogen (secondary N) is 1. The van der Waals surface area contributed by atoms with Crippen LogP contribution in [0.4, 0.5) is 0 Å². The third-order valence-corrected chi connectivity index (χ3v) is 6.67. The average molecular weight is 357 g/mol. The highest BCUT2D eigenvalue weighted by Gasteiger charge is 2.35. The Morgan fingerprint density at radius 2 is 1.76 bits per heavy atom. The molecule has 1 N–H and O–H groups in total. The Morgan fingerprint density at radius 3 is 2.44 bits per heavy atom. The number of hydrogen-bond donors (Lipinski definition) is 1. The number of rotatable bonds is 6. The summed E-state index contributed by atoms with van der Waals surface area (Å²) in [5.41, 5.74) is 3.45. The van der Waals surface area contributed by atoms with E-state index in [1.165, 1.54) is 11.1 Å². The molecule has 1 fully saturated rings. The predicted molar refractivity (Wildman–Crippen MR) is 97.2 cm³/mol. The van der Waals surface area contributed by atoms with Crippen molar-refractivity contribution in [3.63, 3.8) is 0 Å². The van der Waals surface area contributed by atoms with Crippen LogP contribution < -0.4 is 9.46 Å². The Hall–Kier alpha value is -1.85. The summed E-state index contributed by atoms with van der Waals surface area (Å²) >= 11 is 0. The lowest BCUT2D eigenvalue weighted by molar-refractivity contribution is 0.414. The normalized spacial score (nSPS) is 18.0. The molecule has 1 saturated carbocycles. The maximum atomic E-state index is 12.9. The summed E-state index contributed by atoms with van der Waals surface area (Å²) in [5, 5.41) is 0. The second-order valence-corrected chi connectivity index (χ2v) is 8.71. The van der Waals surface area contributed by atoms with Crippen molar-refractivity contribution >= 4 is 10.0 Å². The summed E-state index contributed by atoms with van der Waals surface area (Å²) in [7, 11) is -1.90. The average Bonchev–Trinajstić information content (AvgIpc) is 3.36. The van der Waals surface area contributed by atoms with Gasteiger partial charge in [0.15, 0.2) is 0 Å². The highest BCUT2D eigenvalue weighted by atomic mass is 32.2. The Kier molecular flexibility index (Phi) is 4.29. The van der Waals surface area contributed by atoms with Crippen LogP contribution in [-0.4, -0.2) is 15.5 Å². The van der Waals surface area contributed by atoms with E-state index in [-0.39, 0.29) is 6.04 Å². The van der Waals surface area contributed by atoms with Gasteiger partial charge in [-0.05, 0) is 79.0 Å². The molecule has 0 radical (unpaired) electrons. The van der Waals surface area contributed by atoms with Gasteiger partial charge in [-0.25, -0.2) is 13.1 Å². The van der Waals surface area contributed by atoms with Crippen LogP contribution in [0.2, 0.25) is 0 Å².